The number of nitrogens with zero attached hydrogens (tertiary/aromatic N) is 2. The van der Waals surface area contributed by atoms with Crippen LogP contribution in [0.15, 0.2) is 34.9 Å². The number of amides is 2. The lowest BCUT2D eigenvalue weighted by atomic mass is 9.92. The van der Waals surface area contributed by atoms with Gasteiger partial charge in [-0.3, -0.25) is 9.59 Å². The molecule has 2 aromatic rings. The van der Waals surface area contributed by atoms with Crippen LogP contribution in [0, 0.1) is 5.92 Å². The number of piperidine rings is 1. The molecule has 4 rings (SSSR count). The summed E-state index contributed by atoms with van der Waals surface area (Å²) in [4.78, 5) is 27.1. The summed E-state index contributed by atoms with van der Waals surface area (Å²) in [5, 5.41) is 16.3. The van der Waals surface area contributed by atoms with Crippen LogP contribution in [0.5, 0.6) is 5.75 Å². The summed E-state index contributed by atoms with van der Waals surface area (Å²) in [6, 6.07) is 7.78. The second-order valence-corrected chi connectivity index (χ2v) is 8.50. The first-order valence-corrected chi connectivity index (χ1v) is 10.5. The monoisotopic (exact) mass is 412 g/mol. The maximum absolute atomic E-state index is 12.8. The number of hydrogen-bond donors (Lipinski definition) is 3. The van der Waals surface area contributed by atoms with Crippen molar-refractivity contribution in [3.63, 3.8) is 0 Å². The number of nitrogens with one attached hydrogen (secondary N) is 1. The Morgan fingerprint density at radius 2 is 2.03 bits per heavy atom. The minimum absolute atomic E-state index is 0.0315. The van der Waals surface area contributed by atoms with Gasteiger partial charge < -0.3 is 25.6 Å². The topological polar surface area (TPSA) is 122 Å². The fourth-order valence-electron chi connectivity index (χ4n) is 3.97. The molecule has 160 valence electrons. The number of aromatic hydroxyl groups is 1. The molecule has 1 unspecified atom stereocenters. The summed E-state index contributed by atoms with van der Waals surface area (Å²) >= 11 is 0. The number of nitrogens with two attached hydrogens (primary N) is 1. The van der Waals surface area contributed by atoms with E-state index in [-0.39, 0.29) is 29.5 Å². The molecular weight excluding hydrogens is 384 g/mol. The first-order chi connectivity index (χ1) is 14.4. The second kappa shape index (κ2) is 8.47. The highest BCUT2D eigenvalue weighted by Gasteiger charge is 2.33. The van der Waals surface area contributed by atoms with E-state index < -0.39 is 6.04 Å². The number of carbonyl (C=O) groups excluding carboxylic acids is 2. The third-order valence-electron chi connectivity index (χ3n) is 5.98. The Bertz CT molecular complexity index is 906. The first-order valence-electron chi connectivity index (χ1n) is 10.5. The van der Waals surface area contributed by atoms with Gasteiger partial charge in [0.15, 0.2) is 5.69 Å². The van der Waals surface area contributed by atoms with E-state index in [0.717, 1.165) is 24.2 Å². The number of phenols is 1. The Morgan fingerprint density at radius 1 is 1.30 bits per heavy atom. The predicted molar refractivity (Wildman–Crippen MR) is 110 cm³/mol. The van der Waals surface area contributed by atoms with E-state index in [1.54, 1.807) is 35.2 Å². The van der Waals surface area contributed by atoms with Crippen molar-refractivity contribution in [3.05, 3.63) is 47.3 Å². The van der Waals surface area contributed by atoms with E-state index in [0.29, 0.717) is 37.5 Å². The van der Waals surface area contributed by atoms with Crippen molar-refractivity contribution in [1.29, 1.82) is 0 Å². The van der Waals surface area contributed by atoms with Crippen LogP contribution in [0.2, 0.25) is 0 Å². The van der Waals surface area contributed by atoms with Crippen molar-refractivity contribution in [3.8, 4) is 5.75 Å². The third kappa shape index (κ3) is 4.64. The lowest BCUT2D eigenvalue weighted by Gasteiger charge is -2.38. The predicted octanol–water partition coefficient (Wildman–Crippen LogP) is 1.79. The third-order valence-corrected chi connectivity index (χ3v) is 5.98. The van der Waals surface area contributed by atoms with Gasteiger partial charge in [-0.2, -0.15) is 0 Å². The van der Waals surface area contributed by atoms with Gasteiger partial charge >= 0.3 is 0 Å². The molecule has 0 radical (unpaired) electrons. The van der Waals surface area contributed by atoms with Gasteiger partial charge in [0.2, 0.25) is 5.91 Å². The van der Waals surface area contributed by atoms with E-state index in [1.807, 2.05) is 6.92 Å². The van der Waals surface area contributed by atoms with E-state index in [1.165, 1.54) is 0 Å². The quantitative estimate of drug-likeness (QED) is 0.665. The highest BCUT2D eigenvalue weighted by atomic mass is 16.5. The molecule has 1 aliphatic carbocycles. The molecule has 2 fully saturated rings. The molecule has 8 nitrogen and oxygen atoms in total. The molecule has 8 heteroatoms. The van der Waals surface area contributed by atoms with Gasteiger partial charge in [0.1, 0.15) is 11.5 Å². The Morgan fingerprint density at radius 3 is 2.70 bits per heavy atom. The SMILES string of the molecule is C[C@H]1CN(C(=O)[C@H](N)Cc2ccc(O)cc2)CCC1NC(=O)c1cc(C2CC2)on1. The number of benzene rings is 1. The van der Waals surface area contributed by atoms with Crippen molar-refractivity contribution >= 4 is 11.8 Å². The van der Waals surface area contributed by atoms with Gasteiger partial charge in [-0.15, -0.1) is 0 Å². The molecule has 3 atom stereocenters. The van der Waals surface area contributed by atoms with Crippen molar-refractivity contribution in [2.75, 3.05) is 13.1 Å². The normalized spacial score (nSPS) is 22.5. The molecule has 2 aliphatic rings. The number of rotatable bonds is 6. The van der Waals surface area contributed by atoms with Crippen LogP contribution in [0.1, 0.15) is 53.9 Å². The Hall–Kier alpha value is -2.87. The lowest BCUT2D eigenvalue weighted by molar-refractivity contribution is -0.134. The minimum Gasteiger partial charge on any atom is -0.508 e. The van der Waals surface area contributed by atoms with Gasteiger partial charge in [-0.05, 0) is 49.3 Å². The van der Waals surface area contributed by atoms with Crippen LogP contribution in [-0.2, 0) is 11.2 Å². The average Bonchev–Trinajstić information content (AvgIpc) is 3.47. The van der Waals surface area contributed by atoms with Crippen molar-refractivity contribution in [2.24, 2.45) is 11.7 Å². The molecule has 0 bridgehead atoms. The highest BCUT2D eigenvalue weighted by Crippen LogP contribution is 2.40. The van der Waals surface area contributed by atoms with Crippen LogP contribution in [0.3, 0.4) is 0 Å². The number of aromatic nitrogens is 1. The zero-order chi connectivity index (χ0) is 21.3. The Kier molecular flexibility index (Phi) is 5.76. The number of hydrogen-bond acceptors (Lipinski definition) is 6. The summed E-state index contributed by atoms with van der Waals surface area (Å²) in [6.45, 7) is 3.11. The van der Waals surface area contributed by atoms with Crippen molar-refractivity contribution in [2.45, 2.75) is 50.6 Å². The second-order valence-electron chi connectivity index (χ2n) is 8.50. The maximum atomic E-state index is 12.8. The molecule has 4 N–H and O–H groups in total. The fraction of sp³-hybridized carbons (Fsp3) is 0.500. The van der Waals surface area contributed by atoms with E-state index >= 15 is 0 Å². The summed E-state index contributed by atoms with van der Waals surface area (Å²) in [7, 11) is 0. The summed E-state index contributed by atoms with van der Waals surface area (Å²) in [6.07, 6.45) is 3.26. The van der Waals surface area contributed by atoms with E-state index in [2.05, 4.69) is 10.5 Å². The first kappa shape index (κ1) is 20.4. The molecule has 1 aromatic heterocycles. The van der Waals surface area contributed by atoms with Crippen LogP contribution in [0.25, 0.3) is 0 Å². The molecule has 1 saturated heterocycles. The molecular formula is C22H28N4O4. The summed E-state index contributed by atoms with van der Waals surface area (Å²) in [5.74, 6) is 1.17. The van der Waals surface area contributed by atoms with Crippen LogP contribution < -0.4 is 11.1 Å². The number of likely N-dealkylation sites (tertiary alicyclic amines) is 1. The van der Waals surface area contributed by atoms with Gasteiger partial charge in [0, 0.05) is 31.1 Å². The molecule has 2 heterocycles. The van der Waals surface area contributed by atoms with Crippen LogP contribution in [0.4, 0.5) is 0 Å². The largest absolute Gasteiger partial charge is 0.508 e. The zero-order valence-corrected chi connectivity index (χ0v) is 17.1. The van der Waals surface area contributed by atoms with Gasteiger partial charge in [-0.25, -0.2) is 0 Å². The van der Waals surface area contributed by atoms with Crippen molar-refractivity contribution in [1.82, 2.24) is 15.4 Å². The van der Waals surface area contributed by atoms with Gasteiger partial charge in [0.25, 0.3) is 5.91 Å². The number of carbonyl (C=O) groups is 2. The van der Waals surface area contributed by atoms with Gasteiger partial charge in [0.05, 0.1) is 6.04 Å². The number of phenolic OH excluding ortho intramolecular Hbond substituents is 1. The van der Waals surface area contributed by atoms with Crippen molar-refractivity contribution < 1.29 is 19.2 Å². The molecule has 1 saturated carbocycles. The minimum atomic E-state index is -0.635. The molecule has 0 spiro atoms. The summed E-state index contributed by atoms with van der Waals surface area (Å²) in [5.41, 5.74) is 7.37. The zero-order valence-electron chi connectivity index (χ0n) is 17.1. The van der Waals surface area contributed by atoms with Crippen LogP contribution in [-0.4, -0.2) is 52.2 Å². The van der Waals surface area contributed by atoms with E-state index in [4.69, 9.17) is 10.3 Å². The molecule has 30 heavy (non-hydrogen) atoms. The standard InChI is InChI=1S/C22H28N4O4/c1-13-12-26(22(29)17(23)10-14-2-6-16(27)7-3-14)9-8-18(13)24-21(28)19-11-20(30-25-19)15-4-5-15/h2-3,6-7,11,13,15,17-18,27H,4-5,8-10,12,23H2,1H3,(H,24,28)/t13-,17+,18?/m0/s1. The Labute approximate surface area is 175 Å². The maximum Gasteiger partial charge on any atom is 0.273 e. The lowest BCUT2D eigenvalue weighted by Crippen LogP contribution is -2.55. The highest BCUT2D eigenvalue weighted by molar-refractivity contribution is 5.92. The molecule has 2 amide bonds. The van der Waals surface area contributed by atoms with E-state index in [9.17, 15) is 14.7 Å². The smallest absolute Gasteiger partial charge is 0.273 e. The van der Waals surface area contributed by atoms with Crippen LogP contribution >= 0.6 is 0 Å². The van der Waals surface area contributed by atoms with Gasteiger partial charge in [-0.1, -0.05) is 24.2 Å². The molecule has 1 aromatic carbocycles. The molecule has 1 aliphatic heterocycles. The summed E-state index contributed by atoms with van der Waals surface area (Å²) < 4.78 is 5.26. The Balaban J connectivity index is 1.28. The average molecular weight is 412 g/mol. The fourth-order valence-corrected chi connectivity index (χ4v) is 3.97.